The van der Waals surface area contributed by atoms with Gasteiger partial charge in [-0.15, -0.1) is 0 Å². The molecule has 2 heterocycles. The molecule has 33 heavy (non-hydrogen) atoms. The first-order valence-electron chi connectivity index (χ1n) is 10.7. The Hall–Kier alpha value is -3.58. The Morgan fingerprint density at radius 1 is 1.15 bits per heavy atom. The Labute approximate surface area is 196 Å². The molecule has 1 amide bonds. The molecule has 0 aliphatic carbocycles. The summed E-state index contributed by atoms with van der Waals surface area (Å²) in [5.41, 5.74) is 4.03. The van der Waals surface area contributed by atoms with Gasteiger partial charge in [0.25, 0.3) is 5.56 Å². The third-order valence-electron chi connectivity index (χ3n) is 5.69. The van der Waals surface area contributed by atoms with E-state index >= 15 is 0 Å². The maximum absolute atomic E-state index is 13.3. The molecule has 1 N–H and O–H groups in total. The van der Waals surface area contributed by atoms with Crippen molar-refractivity contribution in [2.24, 2.45) is 0 Å². The molecule has 2 aromatic carbocycles. The number of halogens is 1. The van der Waals surface area contributed by atoms with Gasteiger partial charge in [-0.2, -0.15) is 9.61 Å². The quantitative estimate of drug-likeness (QED) is 0.429. The van der Waals surface area contributed by atoms with E-state index in [1.54, 1.807) is 31.4 Å². The van der Waals surface area contributed by atoms with Crippen LogP contribution in [0.15, 0.2) is 59.4 Å². The zero-order chi connectivity index (χ0) is 23.5. The maximum atomic E-state index is 13.3. The number of para-hydroxylation sites is 1. The van der Waals surface area contributed by atoms with Crippen molar-refractivity contribution in [2.75, 3.05) is 12.4 Å². The van der Waals surface area contributed by atoms with Crippen LogP contribution >= 0.6 is 11.6 Å². The molecule has 8 heteroatoms. The minimum atomic E-state index is -0.215. The number of nitrogens with zero attached hydrogens (tertiary/aromatic N) is 3. The number of benzene rings is 2. The Morgan fingerprint density at radius 3 is 2.58 bits per heavy atom. The largest absolute Gasteiger partial charge is 0.496 e. The highest BCUT2D eigenvalue weighted by molar-refractivity contribution is 6.30. The first-order chi connectivity index (χ1) is 15.9. The van der Waals surface area contributed by atoms with E-state index in [9.17, 15) is 9.59 Å². The number of fused-ring (bicyclic) bond motifs is 1. The lowest BCUT2D eigenvalue weighted by Gasteiger charge is -2.14. The number of carbonyl (C=O) groups excluding carboxylic acids is 1. The number of ether oxygens (including phenoxy) is 1. The first kappa shape index (κ1) is 22.6. The molecular formula is C25H25ClN4O3. The van der Waals surface area contributed by atoms with Gasteiger partial charge >= 0.3 is 0 Å². The molecule has 0 atom stereocenters. The summed E-state index contributed by atoms with van der Waals surface area (Å²) in [6, 6.07) is 16.4. The van der Waals surface area contributed by atoms with Gasteiger partial charge in [0.05, 0.1) is 12.8 Å². The standard InChI is InChI=1S/C25H25ClN4O3/c1-4-29-16(2)19(13-14-23(31)27-18-11-9-17(26)10-12-18)25(32)30-24(29)15-21(28-30)20-7-5-6-8-22(20)33-3/h5-12,15H,4,13-14H2,1-3H3,(H,27,31). The third-order valence-corrected chi connectivity index (χ3v) is 5.94. The maximum Gasteiger partial charge on any atom is 0.277 e. The number of nitrogens with one attached hydrogen (secondary N) is 1. The number of carbonyl (C=O) groups is 1. The summed E-state index contributed by atoms with van der Waals surface area (Å²) in [5, 5.41) is 8.04. The molecule has 4 aromatic rings. The third kappa shape index (κ3) is 4.50. The number of amides is 1. The van der Waals surface area contributed by atoms with Crippen LogP contribution in [-0.4, -0.2) is 27.2 Å². The molecule has 7 nitrogen and oxygen atoms in total. The molecular weight excluding hydrogens is 440 g/mol. The van der Waals surface area contributed by atoms with Crippen molar-refractivity contribution in [3.8, 4) is 17.0 Å². The van der Waals surface area contributed by atoms with Crippen molar-refractivity contribution in [3.63, 3.8) is 0 Å². The van der Waals surface area contributed by atoms with E-state index in [2.05, 4.69) is 10.4 Å². The monoisotopic (exact) mass is 464 g/mol. The molecule has 0 fully saturated rings. The molecule has 0 aliphatic rings. The molecule has 0 aliphatic heterocycles. The lowest BCUT2D eigenvalue weighted by Crippen LogP contribution is -2.26. The van der Waals surface area contributed by atoms with E-state index < -0.39 is 0 Å². The van der Waals surface area contributed by atoms with Crippen molar-refractivity contribution < 1.29 is 9.53 Å². The topological polar surface area (TPSA) is 77.6 Å². The van der Waals surface area contributed by atoms with Crippen LogP contribution in [0.2, 0.25) is 5.02 Å². The van der Waals surface area contributed by atoms with Gasteiger partial charge in [-0.25, -0.2) is 0 Å². The number of aryl methyl sites for hydroxylation is 1. The summed E-state index contributed by atoms with van der Waals surface area (Å²) in [4.78, 5) is 25.8. The Morgan fingerprint density at radius 2 is 1.88 bits per heavy atom. The molecule has 0 bridgehead atoms. The highest BCUT2D eigenvalue weighted by Gasteiger charge is 2.18. The van der Waals surface area contributed by atoms with E-state index in [4.69, 9.17) is 16.3 Å². The van der Waals surface area contributed by atoms with Crippen molar-refractivity contribution in [1.29, 1.82) is 0 Å². The smallest absolute Gasteiger partial charge is 0.277 e. The summed E-state index contributed by atoms with van der Waals surface area (Å²) in [5.74, 6) is 0.515. The zero-order valence-corrected chi connectivity index (χ0v) is 19.5. The van der Waals surface area contributed by atoms with Crippen LogP contribution in [0.5, 0.6) is 5.75 Å². The molecule has 2 aromatic heterocycles. The molecule has 0 radical (unpaired) electrons. The van der Waals surface area contributed by atoms with Gasteiger partial charge in [0.2, 0.25) is 5.91 Å². The molecule has 0 saturated carbocycles. The number of hydrogen-bond donors (Lipinski definition) is 1. The fraction of sp³-hybridized carbons (Fsp3) is 0.240. The summed E-state index contributed by atoms with van der Waals surface area (Å²) < 4.78 is 8.93. The van der Waals surface area contributed by atoms with Crippen molar-refractivity contribution in [3.05, 3.63) is 81.2 Å². The van der Waals surface area contributed by atoms with Gasteiger partial charge in [0.15, 0.2) is 0 Å². The summed E-state index contributed by atoms with van der Waals surface area (Å²) in [7, 11) is 1.61. The Bertz CT molecular complexity index is 1370. The molecule has 4 rings (SSSR count). The lowest BCUT2D eigenvalue weighted by molar-refractivity contribution is -0.116. The highest BCUT2D eigenvalue weighted by atomic mass is 35.5. The second kappa shape index (κ2) is 9.50. The van der Waals surface area contributed by atoms with Crippen molar-refractivity contribution >= 4 is 28.8 Å². The van der Waals surface area contributed by atoms with Crippen LogP contribution in [0.4, 0.5) is 5.69 Å². The zero-order valence-electron chi connectivity index (χ0n) is 18.8. The first-order valence-corrected chi connectivity index (χ1v) is 11.1. The van der Waals surface area contributed by atoms with Crippen LogP contribution in [0.1, 0.15) is 24.6 Å². The van der Waals surface area contributed by atoms with Crippen molar-refractivity contribution in [1.82, 2.24) is 14.2 Å². The van der Waals surface area contributed by atoms with Gasteiger partial charge in [-0.05, 0) is 56.7 Å². The van der Waals surface area contributed by atoms with Crippen LogP contribution < -0.4 is 15.6 Å². The Kier molecular flexibility index (Phi) is 6.51. The second-order valence-corrected chi connectivity index (χ2v) is 8.10. The molecule has 0 spiro atoms. The molecule has 170 valence electrons. The van der Waals surface area contributed by atoms with Crippen LogP contribution in [0, 0.1) is 6.92 Å². The van der Waals surface area contributed by atoms with Crippen LogP contribution in [0.25, 0.3) is 16.9 Å². The van der Waals surface area contributed by atoms with Gasteiger partial charge < -0.3 is 14.6 Å². The van der Waals surface area contributed by atoms with E-state index in [-0.39, 0.29) is 17.9 Å². The molecule has 0 unspecified atom stereocenters. The van der Waals surface area contributed by atoms with Crippen LogP contribution in [0.3, 0.4) is 0 Å². The summed E-state index contributed by atoms with van der Waals surface area (Å²) >= 11 is 5.89. The normalized spacial score (nSPS) is 11.0. The fourth-order valence-electron chi connectivity index (χ4n) is 4.00. The second-order valence-electron chi connectivity index (χ2n) is 7.67. The van der Waals surface area contributed by atoms with Crippen LogP contribution in [-0.2, 0) is 17.8 Å². The molecule has 0 saturated heterocycles. The minimum Gasteiger partial charge on any atom is -0.496 e. The average Bonchev–Trinajstić information content (AvgIpc) is 3.26. The van der Waals surface area contributed by atoms with E-state index in [1.807, 2.05) is 48.7 Å². The number of anilines is 1. The van der Waals surface area contributed by atoms with Gasteiger partial charge in [-0.1, -0.05) is 23.7 Å². The summed E-state index contributed by atoms with van der Waals surface area (Å²) in [6.45, 7) is 4.59. The number of aromatic nitrogens is 3. The fourth-order valence-corrected chi connectivity index (χ4v) is 4.13. The van der Waals surface area contributed by atoms with Gasteiger partial charge in [-0.3, -0.25) is 9.59 Å². The number of rotatable bonds is 7. The predicted molar refractivity (Wildman–Crippen MR) is 130 cm³/mol. The summed E-state index contributed by atoms with van der Waals surface area (Å²) in [6.07, 6.45) is 0.485. The number of hydrogen-bond acceptors (Lipinski definition) is 4. The average molecular weight is 465 g/mol. The predicted octanol–water partition coefficient (Wildman–Crippen LogP) is 4.72. The Balaban J connectivity index is 1.67. The SMILES string of the molecule is CCn1c(C)c(CCC(=O)Nc2ccc(Cl)cc2)c(=O)n2nc(-c3ccccc3OC)cc12. The lowest BCUT2D eigenvalue weighted by atomic mass is 10.1. The van der Waals surface area contributed by atoms with E-state index in [1.165, 1.54) is 4.52 Å². The van der Waals surface area contributed by atoms with Crippen molar-refractivity contribution in [2.45, 2.75) is 33.2 Å². The van der Waals surface area contributed by atoms with E-state index in [0.29, 0.717) is 46.3 Å². The van der Waals surface area contributed by atoms with Gasteiger partial charge in [0, 0.05) is 46.6 Å². The number of methoxy groups -OCH3 is 1. The minimum absolute atomic E-state index is 0.172. The van der Waals surface area contributed by atoms with Gasteiger partial charge in [0.1, 0.15) is 11.4 Å². The highest BCUT2D eigenvalue weighted by Crippen LogP contribution is 2.29. The van der Waals surface area contributed by atoms with E-state index in [0.717, 1.165) is 11.3 Å².